The van der Waals surface area contributed by atoms with Gasteiger partial charge in [-0.2, -0.15) is 0 Å². The Kier molecular flexibility index (Phi) is 3.53. The predicted octanol–water partition coefficient (Wildman–Crippen LogP) is 1.24. The molecule has 0 aliphatic carbocycles. The first-order chi connectivity index (χ1) is 6.40. The number of carbonyl (C=O) groups excluding carboxylic acids is 1. The lowest BCUT2D eigenvalue weighted by Crippen LogP contribution is -2.54. The summed E-state index contributed by atoms with van der Waals surface area (Å²) in [4.78, 5) is 13.6. The fourth-order valence-corrected chi connectivity index (χ4v) is 1.65. The maximum atomic E-state index is 11.6. The van der Waals surface area contributed by atoms with Gasteiger partial charge in [0.1, 0.15) is 0 Å². The summed E-state index contributed by atoms with van der Waals surface area (Å²) in [5, 5.41) is 3.12. The molecule has 0 spiro atoms. The SMILES string of the molecule is CC1CNCC(=O)N1CCC(C)(C)C. The number of carbonyl (C=O) groups is 1. The van der Waals surface area contributed by atoms with Crippen molar-refractivity contribution in [3.63, 3.8) is 0 Å². The number of hydrogen-bond acceptors (Lipinski definition) is 2. The highest BCUT2D eigenvalue weighted by atomic mass is 16.2. The van der Waals surface area contributed by atoms with Gasteiger partial charge in [-0.1, -0.05) is 20.8 Å². The van der Waals surface area contributed by atoms with E-state index in [1.54, 1.807) is 0 Å². The molecule has 1 fully saturated rings. The van der Waals surface area contributed by atoms with Crippen LogP contribution in [-0.4, -0.2) is 36.5 Å². The smallest absolute Gasteiger partial charge is 0.236 e. The van der Waals surface area contributed by atoms with Crippen molar-refractivity contribution in [1.29, 1.82) is 0 Å². The number of rotatable bonds is 2. The Balaban J connectivity index is 2.45. The van der Waals surface area contributed by atoms with Crippen molar-refractivity contribution in [2.75, 3.05) is 19.6 Å². The molecule has 1 amide bonds. The Morgan fingerprint density at radius 1 is 1.50 bits per heavy atom. The van der Waals surface area contributed by atoms with Crippen molar-refractivity contribution in [2.24, 2.45) is 5.41 Å². The van der Waals surface area contributed by atoms with Crippen LogP contribution in [0.1, 0.15) is 34.1 Å². The van der Waals surface area contributed by atoms with E-state index in [1.807, 2.05) is 4.90 Å². The molecule has 0 saturated carbocycles. The first-order valence-corrected chi connectivity index (χ1v) is 5.40. The molecular formula is C11H22N2O. The van der Waals surface area contributed by atoms with Crippen LogP contribution in [-0.2, 0) is 4.79 Å². The molecule has 1 aliphatic rings. The van der Waals surface area contributed by atoms with Crippen molar-refractivity contribution in [2.45, 2.75) is 40.2 Å². The van der Waals surface area contributed by atoms with Crippen molar-refractivity contribution in [1.82, 2.24) is 10.2 Å². The molecule has 3 heteroatoms. The number of piperazine rings is 1. The molecule has 3 nitrogen and oxygen atoms in total. The van der Waals surface area contributed by atoms with E-state index in [0.29, 0.717) is 18.0 Å². The second-order valence-corrected chi connectivity index (χ2v) is 5.38. The first-order valence-electron chi connectivity index (χ1n) is 5.40. The third kappa shape index (κ3) is 3.29. The summed E-state index contributed by atoms with van der Waals surface area (Å²) in [7, 11) is 0. The quantitative estimate of drug-likeness (QED) is 0.724. The van der Waals surface area contributed by atoms with Gasteiger partial charge >= 0.3 is 0 Å². The van der Waals surface area contributed by atoms with Gasteiger partial charge in [0.05, 0.1) is 6.54 Å². The zero-order valence-electron chi connectivity index (χ0n) is 9.76. The van der Waals surface area contributed by atoms with Gasteiger partial charge in [0, 0.05) is 19.1 Å². The molecule has 0 aromatic carbocycles. The molecule has 1 unspecified atom stereocenters. The zero-order valence-corrected chi connectivity index (χ0v) is 9.76. The average molecular weight is 198 g/mol. The Hall–Kier alpha value is -0.570. The summed E-state index contributed by atoms with van der Waals surface area (Å²) in [6.07, 6.45) is 1.07. The fraction of sp³-hybridized carbons (Fsp3) is 0.909. The van der Waals surface area contributed by atoms with Gasteiger partial charge in [0.2, 0.25) is 5.91 Å². The van der Waals surface area contributed by atoms with Crippen LogP contribution in [0, 0.1) is 5.41 Å². The number of nitrogens with one attached hydrogen (secondary N) is 1. The Bertz CT molecular complexity index is 208. The van der Waals surface area contributed by atoms with E-state index in [-0.39, 0.29) is 5.91 Å². The van der Waals surface area contributed by atoms with E-state index in [4.69, 9.17) is 0 Å². The van der Waals surface area contributed by atoms with Gasteiger partial charge in [-0.3, -0.25) is 4.79 Å². The van der Waals surface area contributed by atoms with Crippen LogP contribution in [0.25, 0.3) is 0 Å². The fourth-order valence-electron chi connectivity index (χ4n) is 1.65. The highest BCUT2D eigenvalue weighted by molar-refractivity contribution is 5.79. The minimum Gasteiger partial charge on any atom is -0.338 e. The van der Waals surface area contributed by atoms with Gasteiger partial charge in [-0.25, -0.2) is 0 Å². The Morgan fingerprint density at radius 3 is 2.64 bits per heavy atom. The summed E-state index contributed by atoms with van der Waals surface area (Å²) in [5.41, 5.74) is 0.310. The van der Waals surface area contributed by atoms with E-state index < -0.39 is 0 Å². The minimum absolute atomic E-state index is 0.244. The lowest BCUT2D eigenvalue weighted by molar-refractivity contribution is -0.134. The number of nitrogens with zero attached hydrogens (tertiary/aromatic N) is 1. The third-order valence-electron chi connectivity index (χ3n) is 2.67. The van der Waals surface area contributed by atoms with Gasteiger partial charge in [-0.15, -0.1) is 0 Å². The summed E-state index contributed by atoms with van der Waals surface area (Å²) in [5.74, 6) is 0.244. The molecule has 1 aliphatic heterocycles. The van der Waals surface area contributed by atoms with E-state index in [1.165, 1.54) is 0 Å². The molecule has 14 heavy (non-hydrogen) atoms. The third-order valence-corrected chi connectivity index (χ3v) is 2.67. The molecule has 1 rings (SSSR count). The summed E-state index contributed by atoms with van der Waals surface area (Å²) < 4.78 is 0. The van der Waals surface area contributed by atoms with Crippen LogP contribution in [0.4, 0.5) is 0 Å². The van der Waals surface area contributed by atoms with Crippen molar-refractivity contribution >= 4 is 5.91 Å². The van der Waals surface area contributed by atoms with Crippen LogP contribution in [0.15, 0.2) is 0 Å². The van der Waals surface area contributed by atoms with Gasteiger partial charge in [-0.05, 0) is 18.8 Å². The predicted molar refractivity (Wildman–Crippen MR) is 58.1 cm³/mol. The average Bonchev–Trinajstić information content (AvgIpc) is 2.01. The molecule has 1 N–H and O–H groups in total. The molecule has 0 radical (unpaired) electrons. The van der Waals surface area contributed by atoms with Crippen LogP contribution < -0.4 is 5.32 Å². The maximum absolute atomic E-state index is 11.6. The van der Waals surface area contributed by atoms with Gasteiger partial charge in [0.25, 0.3) is 0 Å². The summed E-state index contributed by atoms with van der Waals surface area (Å²) in [6.45, 7) is 11.1. The second-order valence-electron chi connectivity index (χ2n) is 5.38. The largest absolute Gasteiger partial charge is 0.338 e. The molecule has 0 aromatic rings. The zero-order chi connectivity index (χ0) is 10.8. The van der Waals surface area contributed by atoms with E-state index in [0.717, 1.165) is 19.5 Å². The first kappa shape index (κ1) is 11.5. The number of hydrogen-bond donors (Lipinski definition) is 1. The van der Waals surface area contributed by atoms with Crippen molar-refractivity contribution in [3.8, 4) is 0 Å². The Morgan fingerprint density at radius 2 is 2.14 bits per heavy atom. The van der Waals surface area contributed by atoms with Gasteiger partial charge in [0.15, 0.2) is 0 Å². The standard InChI is InChI=1S/C11H22N2O/c1-9-7-12-8-10(14)13(9)6-5-11(2,3)4/h9,12H,5-8H2,1-4H3. The van der Waals surface area contributed by atoms with Crippen LogP contribution in [0.5, 0.6) is 0 Å². The van der Waals surface area contributed by atoms with Crippen LogP contribution in [0.3, 0.4) is 0 Å². The molecule has 0 bridgehead atoms. The van der Waals surface area contributed by atoms with Crippen LogP contribution in [0.2, 0.25) is 0 Å². The second kappa shape index (κ2) is 4.30. The molecular weight excluding hydrogens is 176 g/mol. The van der Waals surface area contributed by atoms with E-state index >= 15 is 0 Å². The topological polar surface area (TPSA) is 32.3 Å². The number of amides is 1. The normalized spacial score (nSPS) is 24.1. The van der Waals surface area contributed by atoms with Crippen molar-refractivity contribution < 1.29 is 4.79 Å². The summed E-state index contributed by atoms with van der Waals surface area (Å²) >= 11 is 0. The van der Waals surface area contributed by atoms with Crippen LogP contribution >= 0.6 is 0 Å². The highest BCUT2D eigenvalue weighted by Crippen LogP contribution is 2.20. The lowest BCUT2D eigenvalue weighted by atomic mass is 9.92. The van der Waals surface area contributed by atoms with Crippen molar-refractivity contribution in [3.05, 3.63) is 0 Å². The molecule has 0 aromatic heterocycles. The molecule has 82 valence electrons. The van der Waals surface area contributed by atoms with E-state index in [9.17, 15) is 4.79 Å². The molecule has 1 saturated heterocycles. The minimum atomic E-state index is 0.244. The molecule has 1 atom stereocenters. The Labute approximate surface area is 86.9 Å². The van der Waals surface area contributed by atoms with Gasteiger partial charge < -0.3 is 10.2 Å². The molecule has 1 heterocycles. The monoisotopic (exact) mass is 198 g/mol. The lowest BCUT2D eigenvalue weighted by Gasteiger charge is -2.35. The van der Waals surface area contributed by atoms with E-state index in [2.05, 4.69) is 33.0 Å². The summed E-state index contributed by atoms with van der Waals surface area (Å²) in [6, 6.07) is 0.346. The highest BCUT2D eigenvalue weighted by Gasteiger charge is 2.25. The maximum Gasteiger partial charge on any atom is 0.236 e.